The first-order valence-electron chi connectivity index (χ1n) is 7.72. The second-order valence-corrected chi connectivity index (χ2v) is 6.45. The van der Waals surface area contributed by atoms with Crippen molar-refractivity contribution in [2.24, 2.45) is 24.8 Å². The summed E-state index contributed by atoms with van der Waals surface area (Å²) in [6, 6.07) is 7.96. The van der Waals surface area contributed by atoms with Crippen molar-refractivity contribution in [3.8, 4) is 0 Å². The third kappa shape index (κ3) is 2.17. The maximum Gasteiger partial charge on any atom is 0.251 e. The SMILES string of the molecule is Cn1ccc2cc(C(=O)NC[C@@H]3C[C@@H]4C=C[C@@H]3C4)ccc21. The number of rotatable bonds is 3. The molecular weight excluding hydrogens is 260 g/mol. The number of carbonyl (C=O) groups excluding carboxylic acids is 1. The van der Waals surface area contributed by atoms with Gasteiger partial charge in [0, 0.05) is 36.3 Å². The van der Waals surface area contributed by atoms with Crippen molar-refractivity contribution in [3.05, 3.63) is 48.2 Å². The van der Waals surface area contributed by atoms with Gasteiger partial charge in [-0.3, -0.25) is 4.79 Å². The Bertz CT molecular complexity index is 728. The zero-order valence-corrected chi connectivity index (χ0v) is 12.3. The van der Waals surface area contributed by atoms with Gasteiger partial charge >= 0.3 is 0 Å². The fraction of sp³-hybridized carbons (Fsp3) is 0.389. The van der Waals surface area contributed by atoms with Crippen LogP contribution in [0.4, 0.5) is 0 Å². The summed E-state index contributed by atoms with van der Waals surface area (Å²) in [6.45, 7) is 0.803. The highest BCUT2D eigenvalue weighted by atomic mass is 16.1. The quantitative estimate of drug-likeness (QED) is 0.861. The normalized spacial score (nSPS) is 26.6. The summed E-state index contributed by atoms with van der Waals surface area (Å²) >= 11 is 0. The molecule has 1 N–H and O–H groups in total. The molecule has 4 rings (SSSR count). The summed E-state index contributed by atoms with van der Waals surface area (Å²) in [5, 5.41) is 4.24. The molecule has 1 amide bonds. The lowest BCUT2D eigenvalue weighted by atomic mass is 9.93. The molecule has 3 atom stereocenters. The third-order valence-electron chi connectivity index (χ3n) is 5.09. The van der Waals surface area contributed by atoms with E-state index in [0.717, 1.165) is 28.9 Å². The average molecular weight is 280 g/mol. The molecule has 1 fully saturated rings. The molecule has 2 aromatic rings. The standard InChI is InChI=1S/C18H20N2O/c1-20-7-6-14-10-15(4-5-17(14)20)18(21)19-11-16-9-12-2-3-13(16)8-12/h2-7,10,12-13,16H,8-9,11H2,1H3,(H,19,21)/t12-,13-,16+/m1/s1. The van der Waals surface area contributed by atoms with Gasteiger partial charge in [-0.05, 0) is 54.9 Å². The van der Waals surface area contributed by atoms with Crippen molar-refractivity contribution in [3.63, 3.8) is 0 Å². The van der Waals surface area contributed by atoms with Gasteiger partial charge < -0.3 is 9.88 Å². The summed E-state index contributed by atoms with van der Waals surface area (Å²) in [4.78, 5) is 12.3. The number of nitrogens with one attached hydrogen (secondary N) is 1. The van der Waals surface area contributed by atoms with Crippen molar-refractivity contribution in [1.29, 1.82) is 0 Å². The van der Waals surface area contributed by atoms with E-state index in [0.29, 0.717) is 11.8 Å². The lowest BCUT2D eigenvalue weighted by Crippen LogP contribution is -2.30. The number of hydrogen-bond acceptors (Lipinski definition) is 1. The zero-order chi connectivity index (χ0) is 14.4. The van der Waals surface area contributed by atoms with Crippen molar-refractivity contribution in [2.75, 3.05) is 6.54 Å². The molecule has 1 saturated carbocycles. The van der Waals surface area contributed by atoms with Crippen molar-refractivity contribution in [2.45, 2.75) is 12.8 Å². The summed E-state index contributed by atoms with van der Waals surface area (Å²) in [6.07, 6.45) is 9.22. The molecule has 3 nitrogen and oxygen atoms in total. The zero-order valence-electron chi connectivity index (χ0n) is 12.3. The minimum absolute atomic E-state index is 0.0486. The van der Waals surface area contributed by atoms with Gasteiger partial charge in [-0.2, -0.15) is 0 Å². The molecule has 2 aliphatic rings. The molecule has 108 valence electrons. The molecule has 0 unspecified atom stereocenters. The van der Waals surface area contributed by atoms with Crippen LogP contribution in [0, 0.1) is 17.8 Å². The Morgan fingerprint density at radius 3 is 2.95 bits per heavy atom. The maximum atomic E-state index is 12.3. The van der Waals surface area contributed by atoms with Crippen LogP contribution >= 0.6 is 0 Å². The maximum absolute atomic E-state index is 12.3. The molecule has 3 heteroatoms. The Labute approximate surface area is 124 Å². The molecule has 0 spiro atoms. The minimum atomic E-state index is 0.0486. The Balaban J connectivity index is 1.45. The first-order chi connectivity index (χ1) is 10.2. The lowest BCUT2D eigenvalue weighted by molar-refractivity contribution is 0.0945. The van der Waals surface area contributed by atoms with Crippen LogP contribution in [-0.2, 0) is 7.05 Å². The summed E-state index contributed by atoms with van der Waals surface area (Å²) in [7, 11) is 2.02. The topological polar surface area (TPSA) is 34.0 Å². The van der Waals surface area contributed by atoms with Gasteiger partial charge in [0.1, 0.15) is 0 Å². The van der Waals surface area contributed by atoms with E-state index in [1.807, 2.05) is 37.5 Å². The molecule has 1 heterocycles. The van der Waals surface area contributed by atoms with Gasteiger partial charge in [-0.15, -0.1) is 0 Å². The van der Waals surface area contributed by atoms with Gasteiger partial charge in [0.2, 0.25) is 0 Å². The fourth-order valence-corrected chi connectivity index (χ4v) is 3.88. The van der Waals surface area contributed by atoms with E-state index in [1.54, 1.807) is 0 Å². The lowest BCUT2D eigenvalue weighted by Gasteiger charge is -2.18. The number of carbonyl (C=O) groups is 1. The van der Waals surface area contributed by atoms with Crippen LogP contribution in [0.5, 0.6) is 0 Å². The van der Waals surface area contributed by atoms with E-state index in [-0.39, 0.29) is 5.91 Å². The number of amides is 1. The molecular formula is C18H20N2O. The Morgan fingerprint density at radius 1 is 1.29 bits per heavy atom. The molecule has 2 aliphatic carbocycles. The smallest absolute Gasteiger partial charge is 0.251 e. The minimum Gasteiger partial charge on any atom is -0.352 e. The summed E-state index contributed by atoms with van der Waals surface area (Å²) in [5.41, 5.74) is 1.91. The second-order valence-electron chi connectivity index (χ2n) is 6.45. The third-order valence-corrected chi connectivity index (χ3v) is 5.09. The van der Waals surface area contributed by atoms with Crippen LogP contribution in [0.1, 0.15) is 23.2 Å². The molecule has 1 aromatic heterocycles. The second kappa shape index (κ2) is 4.76. The van der Waals surface area contributed by atoms with Crippen molar-refractivity contribution >= 4 is 16.8 Å². The van der Waals surface area contributed by atoms with Crippen LogP contribution in [-0.4, -0.2) is 17.0 Å². The number of hydrogen-bond donors (Lipinski definition) is 1. The van der Waals surface area contributed by atoms with Crippen LogP contribution in [0.2, 0.25) is 0 Å². The van der Waals surface area contributed by atoms with E-state index in [9.17, 15) is 4.79 Å². The Morgan fingerprint density at radius 2 is 2.19 bits per heavy atom. The van der Waals surface area contributed by atoms with E-state index < -0.39 is 0 Å². The van der Waals surface area contributed by atoms with Gasteiger partial charge in [0.25, 0.3) is 5.91 Å². The van der Waals surface area contributed by atoms with Gasteiger partial charge in [-0.25, -0.2) is 0 Å². The predicted molar refractivity (Wildman–Crippen MR) is 84.1 cm³/mol. The predicted octanol–water partition coefficient (Wildman–Crippen LogP) is 3.12. The fourth-order valence-electron chi connectivity index (χ4n) is 3.88. The average Bonchev–Trinajstić information content (AvgIpc) is 3.20. The molecule has 2 bridgehead atoms. The highest BCUT2D eigenvalue weighted by molar-refractivity contribution is 5.98. The van der Waals surface area contributed by atoms with Gasteiger partial charge in [-0.1, -0.05) is 12.2 Å². The van der Waals surface area contributed by atoms with Crippen LogP contribution < -0.4 is 5.32 Å². The van der Waals surface area contributed by atoms with Crippen LogP contribution in [0.3, 0.4) is 0 Å². The van der Waals surface area contributed by atoms with E-state index >= 15 is 0 Å². The number of aromatic nitrogens is 1. The van der Waals surface area contributed by atoms with Crippen LogP contribution in [0.25, 0.3) is 10.9 Å². The number of nitrogens with zero attached hydrogens (tertiary/aromatic N) is 1. The molecule has 21 heavy (non-hydrogen) atoms. The number of fused-ring (bicyclic) bond motifs is 3. The van der Waals surface area contributed by atoms with E-state index in [1.165, 1.54) is 12.8 Å². The molecule has 0 radical (unpaired) electrons. The highest BCUT2D eigenvalue weighted by Gasteiger charge is 2.35. The molecule has 0 aliphatic heterocycles. The molecule has 0 saturated heterocycles. The van der Waals surface area contributed by atoms with Gasteiger partial charge in [0.05, 0.1) is 0 Å². The monoisotopic (exact) mass is 280 g/mol. The Hall–Kier alpha value is -2.03. The highest BCUT2D eigenvalue weighted by Crippen LogP contribution is 2.42. The Kier molecular flexibility index (Phi) is 2.88. The van der Waals surface area contributed by atoms with Crippen molar-refractivity contribution in [1.82, 2.24) is 9.88 Å². The van der Waals surface area contributed by atoms with E-state index in [4.69, 9.17) is 0 Å². The number of benzene rings is 1. The summed E-state index contributed by atoms with van der Waals surface area (Å²) in [5.74, 6) is 2.13. The first-order valence-corrected chi connectivity index (χ1v) is 7.72. The van der Waals surface area contributed by atoms with E-state index in [2.05, 4.69) is 22.0 Å². The first kappa shape index (κ1) is 12.7. The largest absolute Gasteiger partial charge is 0.352 e. The summed E-state index contributed by atoms with van der Waals surface area (Å²) < 4.78 is 2.07. The number of aryl methyl sites for hydroxylation is 1. The molecule has 1 aromatic carbocycles. The van der Waals surface area contributed by atoms with Crippen molar-refractivity contribution < 1.29 is 4.79 Å². The van der Waals surface area contributed by atoms with Gasteiger partial charge in [0.15, 0.2) is 0 Å². The number of allylic oxidation sites excluding steroid dienone is 2. The van der Waals surface area contributed by atoms with Crippen LogP contribution in [0.15, 0.2) is 42.6 Å².